The molecule has 0 radical (unpaired) electrons. The Balaban J connectivity index is 1.85. The third-order valence-corrected chi connectivity index (χ3v) is 5.21. The molecule has 128 valence electrons. The maximum absolute atomic E-state index is 12.1. The van der Waals surface area contributed by atoms with Gasteiger partial charge in [-0.25, -0.2) is 13.1 Å². The Bertz CT molecular complexity index is 789. The fourth-order valence-electron chi connectivity index (χ4n) is 2.45. The SMILES string of the molecule is Cc1ccccc1C(C)NC(=O)CCNS(=O)(=O)c1ccccc1. The predicted molar refractivity (Wildman–Crippen MR) is 94.0 cm³/mol. The van der Waals surface area contributed by atoms with Gasteiger partial charge >= 0.3 is 0 Å². The number of rotatable bonds is 7. The highest BCUT2D eigenvalue weighted by molar-refractivity contribution is 7.89. The first-order valence-corrected chi connectivity index (χ1v) is 9.28. The monoisotopic (exact) mass is 346 g/mol. The van der Waals surface area contributed by atoms with E-state index in [9.17, 15) is 13.2 Å². The number of hydrogen-bond donors (Lipinski definition) is 2. The van der Waals surface area contributed by atoms with Crippen molar-refractivity contribution in [3.8, 4) is 0 Å². The van der Waals surface area contributed by atoms with E-state index in [1.807, 2.05) is 38.1 Å². The van der Waals surface area contributed by atoms with Crippen molar-refractivity contribution in [1.29, 1.82) is 0 Å². The number of hydrogen-bond acceptors (Lipinski definition) is 3. The lowest BCUT2D eigenvalue weighted by Crippen LogP contribution is -2.32. The summed E-state index contributed by atoms with van der Waals surface area (Å²) in [5.74, 6) is -0.193. The second-order valence-corrected chi connectivity index (χ2v) is 7.37. The summed E-state index contributed by atoms with van der Waals surface area (Å²) in [6, 6.07) is 15.8. The summed E-state index contributed by atoms with van der Waals surface area (Å²) in [5, 5.41) is 2.89. The minimum absolute atomic E-state index is 0.0591. The summed E-state index contributed by atoms with van der Waals surface area (Å²) < 4.78 is 26.6. The summed E-state index contributed by atoms with van der Waals surface area (Å²) in [6.45, 7) is 3.96. The van der Waals surface area contributed by atoms with Gasteiger partial charge in [-0.05, 0) is 37.1 Å². The molecule has 1 atom stereocenters. The first-order chi connectivity index (χ1) is 11.4. The molecule has 6 heteroatoms. The molecule has 0 aromatic heterocycles. The fourth-order valence-corrected chi connectivity index (χ4v) is 3.50. The van der Waals surface area contributed by atoms with Crippen molar-refractivity contribution >= 4 is 15.9 Å². The van der Waals surface area contributed by atoms with Crippen LogP contribution in [0.15, 0.2) is 59.5 Å². The summed E-state index contributed by atoms with van der Waals surface area (Å²) in [7, 11) is -3.57. The van der Waals surface area contributed by atoms with E-state index >= 15 is 0 Å². The van der Waals surface area contributed by atoms with Crippen LogP contribution < -0.4 is 10.0 Å². The fraction of sp³-hybridized carbons (Fsp3) is 0.278. The summed E-state index contributed by atoms with van der Waals surface area (Å²) in [4.78, 5) is 12.2. The number of amides is 1. The van der Waals surface area contributed by atoms with Gasteiger partial charge in [-0.15, -0.1) is 0 Å². The largest absolute Gasteiger partial charge is 0.350 e. The van der Waals surface area contributed by atoms with Gasteiger partial charge in [0.05, 0.1) is 10.9 Å². The molecule has 1 amide bonds. The number of benzene rings is 2. The molecule has 0 aliphatic rings. The molecular formula is C18H22N2O3S. The second-order valence-electron chi connectivity index (χ2n) is 5.61. The Morgan fingerprint density at radius 2 is 1.67 bits per heavy atom. The predicted octanol–water partition coefficient (Wildman–Crippen LogP) is 2.54. The molecule has 0 aliphatic carbocycles. The molecule has 0 saturated heterocycles. The molecule has 0 heterocycles. The van der Waals surface area contributed by atoms with Crippen LogP contribution in [0, 0.1) is 6.92 Å². The number of aryl methyl sites for hydroxylation is 1. The second kappa shape index (κ2) is 8.08. The molecule has 0 spiro atoms. The van der Waals surface area contributed by atoms with Crippen LogP contribution >= 0.6 is 0 Å². The average molecular weight is 346 g/mol. The molecule has 0 bridgehead atoms. The highest BCUT2D eigenvalue weighted by atomic mass is 32.2. The van der Waals surface area contributed by atoms with Crippen LogP contribution in [-0.2, 0) is 14.8 Å². The zero-order valence-electron chi connectivity index (χ0n) is 13.8. The van der Waals surface area contributed by atoms with Crippen molar-refractivity contribution in [1.82, 2.24) is 10.0 Å². The van der Waals surface area contributed by atoms with E-state index in [4.69, 9.17) is 0 Å². The van der Waals surface area contributed by atoms with Crippen molar-refractivity contribution < 1.29 is 13.2 Å². The molecule has 2 rings (SSSR count). The lowest BCUT2D eigenvalue weighted by Gasteiger charge is -2.16. The van der Waals surface area contributed by atoms with Gasteiger partial charge in [0.25, 0.3) is 0 Å². The molecule has 0 aliphatic heterocycles. The van der Waals surface area contributed by atoms with Crippen LogP contribution in [0.3, 0.4) is 0 Å². The highest BCUT2D eigenvalue weighted by Crippen LogP contribution is 2.16. The van der Waals surface area contributed by atoms with Crippen molar-refractivity contribution in [2.24, 2.45) is 0 Å². The van der Waals surface area contributed by atoms with E-state index in [0.29, 0.717) is 0 Å². The average Bonchev–Trinajstić information content (AvgIpc) is 2.55. The van der Waals surface area contributed by atoms with Crippen LogP contribution in [0.25, 0.3) is 0 Å². The summed E-state index contributed by atoms with van der Waals surface area (Å²) >= 11 is 0. The summed E-state index contributed by atoms with van der Waals surface area (Å²) in [5.41, 5.74) is 2.16. The quantitative estimate of drug-likeness (QED) is 0.809. The molecule has 2 aromatic carbocycles. The molecule has 5 nitrogen and oxygen atoms in total. The maximum Gasteiger partial charge on any atom is 0.240 e. The van der Waals surface area contributed by atoms with Crippen LogP contribution in [0.1, 0.15) is 30.5 Å². The van der Waals surface area contributed by atoms with E-state index < -0.39 is 10.0 Å². The van der Waals surface area contributed by atoms with E-state index in [2.05, 4.69) is 10.0 Å². The van der Waals surface area contributed by atoms with Crippen molar-refractivity contribution in [2.75, 3.05) is 6.54 Å². The highest BCUT2D eigenvalue weighted by Gasteiger charge is 2.15. The first kappa shape index (κ1) is 18.2. The number of sulfonamides is 1. The number of carbonyl (C=O) groups is 1. The zero-order valence-corrected chi connectivity index (χ0v) is 14.6. The third kappa shape index (κ3) is 4.91. The molecule has 1 unspecified atom stereocenters. The lowest BCUT2D eigenvalue weighted by atomic mass is 10.0. The smallest absolute Gasteiger partial charge is 0.240 e. The normalized spacial score (nSPS) is 12.6. The number of carbonyl (C=O) groups excluding carboxylic acids is 1. The van der Waals surface area contributed by atoms with Gasteiger partial charge < -0.3 is 5.32 Å². The Morgan fingerprint density at radius 1 is 1.04 bits per heavy atom. The van der Waals surface area contributed by atoms with Crippen LogP contribution in [0.2, 0.25) is 0 Å². The minimum Gasteiger partial charge on any atom is -0.350 e. The van der Waals surface area contributed by atoms with E-state index in [1.165, 1.54) is 12.1 Å². The standard InChI is InChI=1S/C18H22N2O3S/c1-14-8-6-7-11-17(14)15(2)20-18(21)12-13-19-24(22,23)16-9-4-3-5-10-16/h3-11,15,19H,12-13H2,1-2H3,(H,20,21). The van der Waals surface area contributed by atoms with Gasteiger partial charge in [0, 0.05) is 13.0 Å². The van der Waals surface area contributed by atoms with E-state index in [0.717, 1.165) is 11.1 Å². The number of nitrogens with one attached hydrogen (secondary N) is 2. The van der Waals surface area contributed by atoms with Crippen molar-refractivity contribution in [3.05, 3.63) is 65.7 Å². The first-order valence-electron chi connectivity index (χ1n) is 7.80. The van der Waals surface area contributed by atoms with E-state index in [-0.39, 0.29) is 29.8 Å². The Kier molecular flexibility index (Phi) is 6.11. The minimum atomic E-state index is -3.57. The Morgan fingerprint density at radius 3 is 2.33 bits per heavy atom. The molecule has 2 N–H and O–H groups in total. The van der Waals surface area contributed by atoms with Gasteiger partial charge in [-0.2, -0.15) is 0 Å². The van der Waals surface area contributed by atoms with E-state index in [1.54, 1.807) is 18.2 Å². The molecule has 2 aromatic rings. The van der Waals surface area contributed by atoms with Crippen LogP contribution in [0.5, 0.6) is 0 Å². The van der Waals surface area contributed by atoms with Gasteiger partial charge in [-0.3, -0.25) is 4.79 Å². The topological polar surface area (TPSA) is 75.3 Å². The zero-order chi connectivity index (χ0) is 17.6. The van der Waals surface area contributed by atoms with Crippen molar-refractivity contribution in [3.63, 3.8) is 0 Å². The summed E-state index contributed by atoms with van der Waals surface area (Å²) in [6.07, 6.45) is 0.0856. The molecular weight excluding hydrogens is 324 g/mol. The molecule has 0 fully saturated rings. The Labute approximate surface area is 143 Å². The van der Waals surface area contributed by atoms with Crippen LogP contribution in [0.4, 0.5) is 0 Å². The maximum atomic E-state index is 12.1. The lowest BCUT2D eigenvalue weighted by molar-refractivity contribution is -0.121. The van der Waals surface area contributed by atoms with Gasteiger partial charge in [-0.1, -0.05) is 42.5 Å². The third-order valence-electron chi connectivity index (χ3n) is 3.73. The van der Waals surface area contributed by atoms with Gasteiger partial charge in [0.1, 0.15) is 0 Å². The van der Waals surface area contributed by atoms with Crippen LogP contribution in [-0.4, -0.2) is 20.9 Å². The van der Waals surface area contributed by atoms with Crippen molar-refractivity contribution in [2.45, 2.75) is 31.2 Å². The Hall–Kier alpha value is -2.18. The van der Waals surface area contributed by atoms with Gasteiger partial charge in [0.15, 0.2) is 0 Å². The van der Waals surface area contributed by atoms with Gasteiger partial charge in [0.2, 0.25) is 15.9 Å². The molecule has 24 heavy (non-hydrogen) atoms. The molecule has 0 saturated carbocycles.